The second kappa shape index (κ2) is 5.35. The molecule has 1 aromatic carbocycles. The summed E-state index contributed by atoms with van der Waals surface area (Å²) in [6.45, 7) is 2.48. The summed E-state index contributed by atoms with van der Waals surface area (Å²) in [5, 5.41) is 16.3. The van der Waals surface area contributed by atoms with Crippen molar-refractivity contribution in [2.24, 2.45) is 10.9 Å². The van der Waals surface area contributed by atoms with Crippen LogP contribution >= 0.6 is 0 Å². The molecule has 0 aliphatic rings. The van der Waals surface area contributed by atoms with Gasteiger partial charge in [-0.05, 0) is 18.6 Å². The topological polar surface area (TPSA) is 76.4 Å². The lowest BCUT2D eigenvalue weighted by atomic mass is 9.98. The lowest BCUT2D eigenvalue weighted by Gasteiger charge is -2.15. The summed E-state index contributed by atoms with van der Waals surface area (Å²) in [7, 11) is 0. The molecule has 0 saturated heterocycles. The first kappa shape index (κ1) is 12.2. The van der Waals surface area contributed by atoms with E-state index >= 15 is 0 Å². The Balaban J connectivity index is 2.27. The molecule has 0 radical (unpaired) electrons. The van der Waals surface area contributed by atoms with Crippen LogP contribution in [0.1, 0.15) is 17.2 Å². The number of rotatable bonds is 4. The molecule has 0 spiro atoms. The SMILES string of the molecule is Cc1ccn(CC(C(N)=NO)c2ccccc2)n1. The van der Waals surface area contributed by atoms with Crippen molar-refractivity contribution >= 4 is 5.84 Å². The van der Waals surface area contributed by atoms with Gasteiger partial charge in [-0.3, -0.25) is 4.68 Å². The highest BCUT2D eigenvalue weighted by atomic mass is 16.4. The molecule has 5 nitrogen and oxygen atoms in total. The highest BCUT2D eigenvalue weighted by Crippen LogP contribution is 2.18. The Morgan fingerprint density at radius 1 is 1.39 bits per heavy atom. The molecule has 0 bridgehead atoms. The maximum absolute atomic E-state index is 8.88. The van der Waals surface area contributed by atoms with E-state index in [0.29, 0.717) is 6.54 Å². The number of amidine groups is 1. The molecule has 18 heavy (non-hydrogen) atoms. The predicted molar refractivity (Wildman–Crippen MR) is 69.6 cm³/mol. The van der Waals surface area contributed by atoms with Gasteiger partial charge in [-0.1, -0.05) is 35.5 Å². The molecule has 2 aromatic rings. The van der Waals surface area contributed by atoms with Crippen LogP contribution in [0.4, 0.5) is 0 Å². The van der Waals surface area contributed by atoms with E-state index in [-0.39, 0.29) is 11.8 Å². The van der Waals surface area contributed by atoms with Gasteiger partial charge in [0.25, 0.3) is 0 Å². The second-order valence-corrected chi connectivity index (χ2v) is 4.17. The van der Waals surface area contributed by atoms with Gasteiger partial charge in [-0.25, -0.2) is 0 Å². The van der Waals surface area contributed by atoms with Gasteiger partial charge in [-0.2, -0.15) is 5.10 Å². The van der Waals surface area contributed by atoms with Gasteiger partial charge in [0.05, 0.1) is 18.2 Å². The fourth-order valence-corrected chi connectivity index (χ4v) is 1.88. The Kier molecular flexibility index (Phi) is 3.62. The highest BCUT2D eigenvalue weighted by molar-refractivity contribution is 5.86. The van der Waals surface area contributed by atoms with Crippen molar-refractivity contribution in [2.75, 3.05) is 0 Å². The molecule has 0 aliphatic heterocycles. The number of oxime groups is 1. The van der Waals surface area contributed by atoms with E-state index in [9.17, 15) is 0 Å². The van der Waals surface area contributed by atoms with Gasteiger partial charge in [0, 0.05) is 6.20 Å². The summed E-state index contributed by atoms with van der Waals surface area (Å²) < 4.78 is 1.80. The molecular weight excluding hydrogens is 228 g/mol. The van der Waals surface area contributed by atoms with Crippen LogP contribution in [0.2, 0.25) is 0 Å². The first-order chi connectivity index (χ1) is 8.70. The number of nitrogens with two attached hydrogens (primary N) is 1. The van der Waals surface area contributed by atoms with E-state index < -0.39 is 0 Å². The van der Waals surface area contributed by atoms with Gasteiger partial charge in [0.15, 0.2) is 0 Å². The van der Waals surface area contributed by atoms with Crippen molar-refractivity contribution in [1.29, 1.82) is 0 Å². The minimum Gasteiger partial charge on any atom is -0.409 e. The van der Waals surface area contributed by atoms with Crippen LogP contribution in [0, 0.1) is 6.92 Å². The molecular formula is C13H16N4O. The van der Waals surface area contributed by atoms with E-state index in [1.807, 2.05) is 49.5 Å². The fourth-order valence-electron chi connectivity index (χ4n) is 1.88. The molecule has 1 atom stereocenters. The van der Waals surface area contributed by atoms with Crippen LogP contribution in [0.25, 0.3) is 0 Å². The molecule has 5 heteroatoms. The summed E-state index contributed by atoms with van der Waals surface area (Å²) in [6.07, 6.45) is 1.88. The van der Waals surface area contributed by atoms with Crippen molar-refractivity contribution < 1.29 is 5.21 Å². The molecule has 94 valence electrons. The number of aryl methyl sites for hydroxylation is 1. The zero-order valence-electron chi connectivity index (χ0n) is 10.2. The average Bonchev–Trinajstić information content (AvgIpc) is 2.82. The average molecular weight is 244 g/mol. The number of hydrogen-bond donors (Lipinski definition) is 2. The van der Waals surface area contributed by atoms with Crippen molar-refractivity contribution in [3.05, 3.63) is 53.9 Å². The van der Waals surface area contributed by atoms with Crippen LogP contribution in [0.5, 0.6) is 0 Å². The van der Waals surface area contributed by atoms with Gasteiger partial charge in [0.1, 0.15) is 5.84 Å². The molecule has 1 heterocycles. The molecule has 3 N–H and O–H groups in total. The zero-order valence-corrected chi connectivity index (χ0v) is 10.2. The monoisotopic (exact) mass is 244 g/mol. The lowest BCUT2D eigenvalue weighted by molar-refractivity contribution is 0.315. The Bertz CT molecular complexity index is 533. The summed E-state index contributed by atoms with van der Waals surface area (Å²) >= 11 is 0. The first-order valence-electron chi connectivity index (χ1n) is 5.73. The zero-order chi connectivity index (χ0) is 13.0. The summed E-state index contributed by atoms with van der Waals surface area (Å²) in [5.41, 5.74) is 7.71. The molecule has 0 amide bonds. The van der Waals surface area contributed by atoms with Gasteiger partial charge < -0.3 is 10.9 Å². The van der Waals surface area contributed by atoms with E-state index in [0.717, 1.165) is 11.3 Å². The molecule has 1 aromatic heterocycles. The van der Waals surface area contributed by atoms with E-state index in [1.165, 1.54) is 0 Å². The van der Waals surface area contributed by atoms with Crippen molar-refractivity contribution in [3.8, 4) is 0 Å². The maximum Gasteiger partial charge on any atom is 0.148 e. The van der Waals surface area contributed by atoms with Crippen LogP contribution in [0.3, 0.4) is 0 Å². The second-order valence-electron chi connectivity index (χ2n) is 4.17. The number of hydrogen-bond acceptors (Lipinski definition) is 3. The third-order valence-corrected chi connectivity index (χ3v) is 2.82. The van der Waals surface area contributed by atoms with E-state index in [2.05, 4.69) is 10.3 Å². The fraction of sp³-hybridized carbons (Fsp3) is 0.231. The summed E-state index contributed by atoms with van der Waals surface area (Å²) in [6, 6.07) is 11.6. The number of benzene rings is 1. The Labute approximate surface area is 106 Å². The molecule has 0 aliphatic carbocycles. The minimum absolute atomic E-state index is 0.185. The summed E-state index contributed by atoms with van der Waals surface area (Å²) in [5.74, 6) is 0.00449. The lowest BCUT2D eigenvalue weighted by Crippen LogP contribution is -2.26. The molecule has 1 unspecified atom stereocenters. The van der Waals surface area contributed by atoms with E-state index in [1.54, 1.807) is 4.68 Å². The standard InChI is InChI=1S/C13H16N4O/c1-10-7-8-17(15-10)9-12(13(14)16-18)11-5-3-2-4-6-11/h2-8,12,18H,9H2,1H3,(H2,14,16). The Morgan fingerprint density at radius 2 is 2.11 bits per heavy atom. The predicted octanol–water partition coefficient (Wildman–Crippen LogP) is 1.72. The normalized spacial score (nSPS) is 13.5. The van der Waals surface area contributed by atoms with Crippen LogP contribution < -0.4 is 5.73 Å². The van der Waals surface area contributed by atoms with Crippen molar-refractivity contribution in [3.63, 3.8) is 0 Å². The largest absolute Gasteiger partial charge is 0.409 e. The van der Waals surface area contributed by atoms with E-state index in [4.69, 9.17) is 10.9 Å². The number of nitrogens with zero attached hydrogens (tertiary/aromatic N) is 3. The Morgan fingerprint density at radius 3 is 2.67 bits per heavy atom. The van der Waals surface area contributed by atoms with Gasteiger partial charge >= 0.3 is 0 Å². The quantitative estimate of drug-likeness (QED) is 0.372. The smallest absolute Gasteiger partial charge is 0.148 e. The number of aromatic nitrogens is 2. The third-order valence-electron chi connectivity index (χ3n) is 2.82. The van der Waals surface area contributed by atoms with Crippen molar-refractivity contribution in [1.82, 2.24) is 9.78 Å². The molecule has 0 saturated carbocycles. The van der Waals surface area contributed by atoms with Crippen molar-refractivity contribution in [2.45, 2.75) is 19.4 Å². The van der Waals surface area contributed by atoms with Gasteiger partial charge in [-0.15, -0.1) is 0 Å². The van der Waals surface area contributed by atoms with Crippen LogP contribution in [-0.4, -0.2) is 20.8 Å². The minimum atomic E-state index is -0.185. The van der Waals surface area contributed by atoms with Crippen LogP contribution in [-0.2, 0) is 6.54 Å². The molecule has 0 fully saturated rings. The first-order valence-corrected chi connectivity index (χ1v) is 5.73. The Hall–Kier alpha value is -2.30. The van der Waals surface area contributed by atoms with Crippen LogP contribution in [0.15, 0.2) is 47.8 Å². The third kappa shape index (κ3) is 2.68. The molecule has 2 rings (SSSR count). The highest BCUT2D eigenvalue weighted by Gasteiger charge is 2.17. The summed E-state index contributed by atoms with van der Waals surface area (Å²) in [4.78, 5) is 0. The maximum atomic E-state index is 8.88. The van der Waals surface area contributed by atoms with Gasteiger partial charge in [0.2, 0.25) is 0 Å².